The van der Waals surface area contributed by atoms with Gasteiger partial charge in [-0.3, -0.25) is 9.59 Å². The molecule has 0 spiro atoms. The summed E-state index contributed by atoms with van der Waals surface area (Å²) >= 11 is 0. The zero-order valence-electron chi connectivity index (χ0n) is 12.9. The van der Waals surface area contributed by atoms with Crippen molar-refractivity contribution in [1.82, 2.24) is 0 Å². The Morgan fingerprint density at radius 3 is 2.05 bits per heavy atom. The van der Waals surface area contributed by atoms with Crippen LogP contribution in [0.4, 0.5) is 5.69 Å². The third-order valence-electron chi connectivity index (χ3n) is 3.21. The second-order valence-corrected chi connectivity index (χ2v) is 5.35. The molecule has 2 aromatic rings. The van der Waals surface area contributed by atoms with Gasteiger partial charge in [0.05, 0.1) is 0 Å². The second kappa shape index (κ2) is 6.89. The average molecular weight is 297 g/mol. The fourth-order valence-corrected chi connectivity index (χ4v) is 1.99. The van der Waals surface area contributed by atoms with Gasteiger partial charge >= 0.3 is 5.97 Å². The van der Waals surface area contributed by atoms with Crippen molar-refractivity contribution in [3.05, 3.63) is 59.7 Å². The van der Waals surface area contributed by atoms with Crippen LogP contribution in [0.1, 0.15) is 42.6 Å². The molecule has 0 saturated carbocycles. The molecule has 1 amide bonds. The normalized spacial score (nSPS) is 10.4. The monoisotopic (exact) mass is 297 g/mol. The minimum absolute atomic E-state index is 0.202. The van der Waals surface area contributed by atoms with Crippen molar-refractivity contribution in [2.75, 3.05) is 5.32 Å². The van der Waals surface area contributed by atoms with Crippen molar-refractivity contribution in [2.24, 2.45) is 0 Å². The van der Waals surface area contributed by atoms with Crippen molar-refractivity contribution in [3.8, 4) is 5.75 Å². The Kier molecular flexibility index (Phi) is 4.94. The highest BCUT2D eigenvalue weighted by atomic mass is 16.5. The van der Waals surface area contributed by atoms with Crippen LogP contribution < -0.4 is 10.1 Å². The van der Waals surface area contributed by atoms with Gasteiger partial charge in [-0.25, -0.2) is 0 Å². The Morgan fingerprint density at radius 2 is 1.55 bits per heavy atom. The summed E-state index contributed by atoms with van der Waals surface area (Å²) in [6, 6.07) is 14.2. The van der Waals surface area contributed by atoms with Gasteiger partial charge in [-0.1, -0.05) is 26.0 Å². The zero-order chi connectivity index (χ0) is 16.1. The molecule has 1 N–H and O–H groups in total. The first kappa shape index (κ1) is 15.8. The minimum atomic E-state index is -0.387. The van der Waals surface area contributed by atoms with E-state index in [1.54, 1.807) is 24.3 Å². The van der Waals surface area contributed by atoms with Crippen LogP contribution in [0.25, 0.3) is 0 Å². The molecule has 0 fully saturated rings. The van der Waals surface area contributed by atoms with Crippen molar-refractivity contribution < 1.29 is 14.3 Å². The maximum absolute atomic E-state index is 12.1. The highest BCUT2D eigenvalue weighted by Crippen LogP contribution is 2.18. The minimum Gasteiger partial charge on any atom is -0.427 e. The smallest absolute Gasteiger partial charge is 0.308 e. The molecule has 114 valence electrons. The summed E-state index contributed by atoms with van der Waals surface area (Å²) in [5, 5.41) is 2.84. The van der Waals surface area contributed by atoms with Crippen LogP contribution in [0.3, 0.4) is 0 Å². The molecule has 0 aliphatic rings. The van der Waals surface area contributed by atoms with Gasteiger partial charge < -0.3 is 10.1 Å². The van der Waals surface area contributed by atoms with E-state index in [1.165, 1.54) is 12.5 Å². The molecule has 0 aliphatic carbocycles. The number of rotatable bonds is 4. The molecule has 22 heavy (non-hydrogen) atoms. The number of benzene rings is 2. The van der Waals surface area contributed by atoms with Crippen molar-refractivity contribution in [1.29, 1.82) is 0 Å². The first-order valence-electron chi connectivity index (χ1n) is 7.15. The van der Waals surface area contributed by atoms with Crippen molar-refractivity contribution in [2.45, 2.75) is 26.7 Å². The zero-order valence-corrected chi connectivity index (χ0v) is 12.9. The van der Waals surface area contributed by atoms with Crippen LogP contribution in [0.2, 0.25) is 0 Å². The summed E-state index contributed by atoms with van der Waals surface area (Å²) in [5.41, 5.74) is 2.48. The molecule has 0 aliphatic heterocycles. The lowest BCUT2D eigenvalue weighted by Crippen LogP contribution is -2.12. The number of carbonyl (C=O) groups is 2. The van der Waals surface area contributed by atoms with Crippen molar-refractivity contribution >= 4 is 17.6 Å². The Bertz CT molecular complexity index is 658. The summed E-state index contributed by atoms with van der Waals surface area (Å²) < 4.78 is 4.93. The first-order chi connectivity index (χ1) is 10.5. The lowest BCUT2D eigenvalue weighted by molar-refractivity contribution is -0.131. The molecule has 0 radical (unpaired) electrons. The third kappa shape index (κ3) is 4.19. The molecule has 2 aromatic carbocycles. The van der Waals surface area contributed by atoms with Crippen LogP contribution in [-0.2, 0) is 4.79 Å². The highest BCUT2D eigenvalue weighted by Gasteiger charge is 2.07. The van der Waals surface area contributed by atoms with E-state index in [9.17, 15) is 9.59 Å². The molecule has 0 heterocycles. The van der Waals surface area contributed by atoms with Gasteiger partial charge in [0.25, 0.3) is 5.91 Å². The van der Waals surface area contributed by atoms with Crippen LogP contribution >= 0.6 is 0 Å². The maximum atomic E-state index is 12.1. The van der Waals surface area contributed by atoms with Gasteiger partial charge in [0.15, 0.2) is 0 Å². The lowest BCUT2D eigenvalue weighted by atomic mass is 10.0. The van der Waals surface area contributed by atoms with E-state index in [0.29, 0.717) is 17.2 Å². The summed E-state index contributed by atoms with van der Waals surface area (Å²) in [4.78, 5) is 23.0. The van der Waals surface area contributed by atoms with Gasteiger partial charge in [-0.15, -0.1) is 0 Å². The Labute approximate surface area is 130 Å². The fourth-order valence-electron chi connectivity index (χ4n) is 1.99. The molecule has 0 saturated heterocycles. The topological polar surface area (TPSA) is 55.4 Å². The van der Waals surface area contributed by atoms with E-state index in [-0.39, 0.29) is 11.9 Å². The molecular formula is C18H19NO3. The number of esters is 1. The third-order valence-corrected chi connectivity index (χ3v) is 3.21. The number of ether oxygens (including phenoxy) is 1. The second-order valence-electron chi connectivity index (χ2n) is 5.35. The molecule has 0 aromatic heterocycles. The number of hydrogen-bond donors (Lipinski definition) is 1. The molecule has 2 rings (SSSR count). The molecule has 4 heteroatoms. The number of anilines is 1. The number of amides is 1. The van der Waals surface area contributed by atoms with Crippen LogP contribution in [-0.4, -0.2) is 11.9 Å². The lowest BCUT2D eigenvalue weighted by Gasteiger charge is -2.09. The Hall–Kier alpha value is -2.62. The van der Waals surface area contributed by atoms with E-state index < -0.39 is 0 Å². The average Bonchev–Trinajstić information content (AvgIpc) is 2.48. The SMILES string of the molecule is CC(=O)Oc1ccc(C(=O)Nc2ccc(C(C)C)cc2)cc1. The van der Waals surface area contributed by atoms with Crippen LogP contribution in [0, 0.1) is 0 Å². The predicted octanol–water partition coefficient (Wildman–Crippen LogP) is 3.99. The number of hydrogen-bond acceptors (Lipinski definition) is 3. The summed E-state index contributed by atoms with van der Waals surface area (Å²) in [5.74, 6) is 0.290. The van der Waals surface area contributed by atoms with Gasteiger partial charge in [0.2, 0.25) is 0 Å². The standard InChI is InChI=1S/C18H19NO3/c1-12(2)14-4-8-16(9-5-14)19-18(21)15-6-10-17(11-7-15)22-13(3)20/h4-12H,1-3H3,(H,19,21). The summed E-state index contributed by atoms with van der Waals surface area (Å²) in [6.07, 6.45) is 0. The van der Waals surface area contributed by atoms with E-state index in [2.05, 4.69) is 19.2 Å². The van der Waals surface area contributed by atoms with E-state index >= 15 is 0 Å². The fraction of sp³-hybridized carbons (Fsp3) is 0.222. The number of nitrogens with one attached hydrogen (secondary N) is 1. The van der Waals surface area contributed by atoms with Crippen LogP contribution in [0.5, 0.6) is 5.75 Å². The Balaban J connectivity index is 2.03. The van der Waals surface area contributed by atoms with Gasteiger partial charge in [-0.2, -0.15) is 0 Å². The summed E-state index contributed by atoms with van der Waals surface area (Å²) in [6.45, 7) is 5.58. The van der Waals surface area contributed by atoms with Crippen molar-refractivity contribution in [3.63, 3.8) is 0 Å². The quantitative estimate of drug-likeness (QED) is 0.686. The highest BCUT2D eigenvalue weighted by molar-refractivity contribution is 6.04. The molecule has 0 atom stereocenters. The van der Waals surface area contributed by atoms with E-state index in [0.717, 1.165) is 5.69 Å². The van der Waals surface area contributed by atoms with E-state index in [1.807, 2.05) is 24.3 Å². The Morgan fingerprint density at radius 1 is 0.955 bits per heavy atom. The molecular weight excluding hydrogens is 278 g/mol. The van der Waals surface area contributed by atoms with Crippen LogP contribution in [0.15, 0.2) is 48.5 Å². The van der Waals surface area contributed by atoms with Gasteiger partial charge in [0, 0.05) is 18.2 Å². The number of carbonyl (C=O) groups excluding carboxylic acids is 2. The van der Waals surface area contributed by atoms with Gasteiger partial charge in [0.1, 0.15) is 5.75 Å². The molecule has 0 unspecified atom stereocenters. The first-order valence-corrected chi connectivity index (χ1v) is 7.15. The largest absolute Gasteiger partial charge is 0.427 e. The van der Waals surface area contributed by atoms with Gasteiger partial charge in [-0.05, 0) is 47.9 Å². The van der Waals surface area contributed by atoms with E-state index in [4.69, 9.17) is 4.74 Å². The molecule has 0 bridgehead atoms. The summed E-state index contributed by atoms with van der Waals surface area (Å²) in [7, 11) is 0. The molecule has 4 nitrogen and oxygen atoms in total. The predicted molar refractivity (Wildman–Crippen MR) is 86.2 cm³/mol. The maximum Gasteiger partial charge on any atom is 0.308 e.